The molecule has 0 aromatic rings. The van der Waals surface area contributed by atoms with Crippen LogP contribution < -0.4 is 0 Å². The molecule has 10 heavy (non-hydrogen) atoms. The van der Waals surface area contributed by atoms with Crippen molar-refractivity contribution in [2.24, 2.45) is 29.6 Å². The summed E-state index contributed by atoms with van der Waals surface area (Å²) in [6.45, 7) is 2.40. The van der Waals surface area contributed by atoms with Gasteiger partial charge in [-0.2, -0.15) is 0 Å². The Bertz CT molecular complexity index is 149. The van der Waals surface area contributed by atoms with Crippen molar-refractivity contribution < 1.29 is 0 Å². The zero-order valence-electron chi connectivity index (χ0n) is 6.72. The number of hydrogen-bond acceptors (Lipinski definition) is 0. The van der Waals surface area contributed by atoms with Gasteiger partial charge in [-0.3, -0.25) is 0 Å². The van der Waals surface area contributed by atoms with E-state index in [1.54, 1.807) is 25.7 Å². The average Bonchev–Trinajstić information content (AvgIpc) is 2.58. The topological polar surface area (TPSA) is 0 Å². The summed E-state index contributed by atoms with van der Waals surface area (Å²) in [5.41, 5.74) is 0. The highest BCUT2D eigenvalue weighted by atomic mass is 14.7. The lowest BCUT2D eigenvalue weighted by Crippen LogP contribution is -1.90. The second-order valence-corrected chi connectivity index (χ2v) is 4.78. The van der Waals surface area contributed by atoms with Crippen LogP contribution in [0.3, 0.4) is 0 Å². The molecule has 0 saturated heterocycles. The van der Waals surface area contributed by atoms with Gasteiger partial charge in [0.05, 0.1) is 0 Å². The van der Waals surface area contributed by atoms with E-state index in [0.717, 1.165) is 11.8 Å². The summed E-state index contributed by atoms with van der Waals surface area (Å²) in [5, 5.41) is 0. The Balaban J connectivity index is 1.39. The Kier molecular flexibility index (Phi) is 0.898. The average molecular weight is 136 g/mol. The molecule has 3 fully saturated rings. The Morgan fingerprint density at radius 3 is 2.20 bits per heavy atom. The first-order chi connectivity index (χ1) is 4.86. The summed E-state index contributed by atoms with van der Waals surface area (Å²) in [5.74, 6) is 5.96. The molecule has 3 rings (SSSR count). The van der Waals surface area contributed by atoms with Gasteiger partial charge in [0.2, 0.25) is 0 Å². The maximum Gasteiger partial charge on any atom is -0.0349 e. The van der Waals surface area contributed by atoms with E-state index < -0.39 is 0 Å². The van der Waals surface area contributed by atoms with E-state index in [0.29, 0.717) is 0 Å². The van der Waals surface area contributed by atoms with E-state index in [9.17, 15) is 0 Å². The van der Waals surface area contributed by atoms with Gasteiger partial charge in [-0.25, -0.2) is 0 Å². The molecule has 3 saturated carbocycles. The minimum absolute atomic E-state index is 1.09. The highest BCUT2D eigenvalue weighted by Crippen LogP contribution is 2.70. The largest absolute Gasteiger partial charge is 0.0622 e. The van der Waals surface area contributed by atoms with Crippen molar-refractivity contribution in [2.75, 3.05) is 0 Å². The monoisotopic (exact) mass is 136 g/mol. The number of rotatable bonds is 3. The Labute approximate surface area is 63.0 Å². The van der Waals surface area contributed by atoms with E-state index in [1.165, 1.54) is 17.8 Å². The summed E-state index contributed by atoms with van der Waals surface area (Å²) < 4.78 is 0. The SMILES string of the molecule is CC1CC1CCC1C2CC12. The van der Waals surface area contributed by atoms with Gasteiger partial charge in [-0.15, -0.1) is 0 Å². The van der Waals surface area contributed by atoms with Crippen molar-refractivity contribution >= 4 is 0 Å². The molecule has 0 aliphatic heterocycles. The summed E-state index contributed by atoms with van der Waals surface area (Å²) >= 11 is 0. The Morgan fingerprint density at radius 2 is 1.80 bits per heavy atom. The highest BCUT2D eigenvalue weighted by Gasteiger charge is 2.63. The number of hydrogen-bond donors (Lipinski definition) is 0. The fourth-order valence-electron chi connectivity index (χ4n) is 2.55. The van der Waals surface area contributed by atoms with Gasteiger partial charge < -0.3 is 0 Å². The first kappa shape index (κ1) is 5.62. The van der Waals surface area contributed by atoms with E-state index in [4.69, 9.17) is 0 Å². The van der Waals surface area contributed by atoms with Crippen LogP contribution in [0.5, 0.6) is 0 Å². The van der Waals surface area contributed by atoms with Gasteiger partial charge in [-0.05, 0) is 55.3 Å². The third-order valence-electron chi connectivity index (χ3n) is 4.00. The van der Waals surface area contributed by atoms with E-state index in [1.807, 2.05) is 0 Å². The fourth-order valence-corrected chi connectivity index (χ4v) is 2.55. The van der Waals surface area contributed by atoms with E-state index >= 15 is 0 Å². The van der Waals surface area contributed by atoms with Crippen LogP contribution in [0, 0.1) is 29.6 Å². The highest BCUT2D eigenvalue weighted by molar-refractivity contribution is 5.11. The van der Waals surface area contributed by atoms with Gasteiger partial charge in [0.25, 0.3) is 0 Å². The molecule has 0 aromatic heterocycles. The van der Waals surface area contributed by atoms with Crippen LogP contribution in [-0.4, -0.2) is 0 Å². The van der Waals surface area contributed by atoms with Crippen LogP contribution >= 0.6 is 0 Å². The normalized spacial score (nSPS) is 61.5. The van der Waals surface area contributed by atoms with Crippen LogP contribution in [0.25, 0.3) is 0 Å². The quantitative estimate of drug-likeness (QED) is 0.559. The minimum Gasteiger partial charge on any atom is -0.0622 e. The van der Waals surface area contributed by atoms with Crippen LogP contribution in [-0.2, 0) is 0 Å². The lowest BCUT2D eigenvalue weighted by molar-refractivity contribution is 0.505. The van der Waals surface area contributed by atoms with Gasteiger partial charge >= 0.3 is 0 Å². The molecule has 56 valence electrons. The predicted octanol–water partition coefficient (Wildman–Crippen LogP) is 2.69. The molecule has 0 spiro atoms. The fraction of sp³-hybridized carbons (Fsp3) is 1.00. The molecule has 0 nitrogen and oxygen atoms in total. The van der Waals surface area contributed by atoms with Crippen LogP contribution in [0.1, 0.15) is 32.6 Å². The lowest BCUT2D eigenvalue weighted by atomic mass is 10.1. The van der Waals surface area contributed by atoms with Crippen LogP contribution in [0.15, 0.2) is 0 Å². The van der Waals surface area contributed by atoms with Crippen molar-refractivity contribution in [1.82, 2.24) is 0 Å². The molecule has 4 unspecified atom stereocenters. The number of fused-ring (bicyclic) bond motifs is 1. The zero-order chi connectivity index (χ0) is 6.72. The predicted molar refractivity (Wildman–Crippen MR) is 41.6 cm³/mol. The van der Waals surface area contributed by atoms with E-state index in [2.05, 4.69) is 6.92 Å². The summed E-state index contributed by atoms with van der Waals surface area (Å²) in [4.78, 5) is 0. The van der Waals surface area contributed by atoms with Gasteiger partial charge in [0, 0.05) is 0 Å². The van der Waals surface area contributed by atoms with Crippen LogP contribution in [0.4, 0.5) is 0 Å². The molecule has 0 heteroatoms. The molecule has 3 aliphatic rings. The van der Waals surface area contributed by atoms with Crippen molar-refractivity contribution in [2.45, 2.75) is 32.6 Å². The molecule has 4 atom stereocenters. The smallest absolute Gasteiger partial charge is 0.0349 e. The second-order valence-electron chi connectivity index (χ2n) is 4.78. The lowest BCUT2D eigenvalue weighted by Gasteiger charge is -2.00. The molecular weight excluding hydrogens is 120 g/mol. The molecule has 3 aliphatic carbocycles. The summed E-state index contributed by atoms with van der Waals surface area (Å²) in [7, 11) is 0. The molecule has 0 heterocycles. The zero-order valence-corrected chi connectivity index (χ0v) is 6.72. The molecule has 0 aromatic carbocycles. The second kappa shape index (κ2) is 1.60. The summed E-state index contributed by atoms with van der Waals surface area (Å²) in [6.07, 6.45) is 6.30. The molecule has 0 bridgehead atoms. The van der Waals surface area contributed by atoms with Gasteiger partial charge in [-0.1, -0.05) is 6.92 Å². The van der Waals surface area contributed by atoms with E-state index in [-0.39, 0.29) is 0 Å². The maximum atomic E-state index is 2.40. The third-order valence-corrected chi connectivity index (χ3v) is 4.00. The Hall–Kier alpha value is 0. The van der Waals surface area contributed by atoms with Crippen molar-refractivity contribution in [3.05, 3.63) is 0 Å². The minimum atomic E-state index is 1.09. The third kappa shape index (κ3) is 0.741. The van der Waals surface area contributed by atoms with Crippen molar-refractivity contribution in [3.63, 3.8) is 0 Å². The van der Waals surface area contributed by atoms with Gasteiger partial charge in [0.15, 0.2) is 0 Å². The molecule has 0 N–H and O–H groups in total. The standard InChI is InChI=1S/C10H16/c1-6-4-7(6)2-3-8-9-5-10(8)9/h6-10H,2-5H2,1H3. The first-order valence-corrected chi connectivity index (χ1v) is 4.86. The Morgan fingerprint density at radius 1 is 1.10 bits per heavy atom. The van der Waals surface area contributed by atoms with Crippen molar-refractivity contribution in [3.8, 4) is 0 Å². The summed E-state index contributed by atoms with van der Waals surface area (Å²) in [6, 6.07) is 0. The molecule has 0 radical (unpaired) electrons. The first-order valence-electron chi connectivity index (χ1n) is 4.86. The van der Waals surface area contributed by atoms with Crippen LogP contribution in [0.2, 0.25) is 0 Å². The van der Waals surface area contributed by atoms with Crippen molar-refractivity contribution in [1.29, 1.82) is 0 Å². The molecule has 0 amide bonds. The maximum absolute atomic E-state index is 2.40. The van der Waals surface area contributed by atoms with Gasteiger partial charge in [0.1, 0.15) is 0 Å². The molecular formula is C10H16.